The average Bonchev–Trinajstić information content (AvgIpc) is 2.30. The maximum Gasteiger partial charge on any atom is 0.225 e. The van der Waals surface area contributed by atoms with Gasteiger partial charge in [0.15, 0.2) is 0 Å². The molecule has 0 unspecified atom stereocenters. The number of rotatable bonds is 4. The van der Waals surface area contributed by atoms with Crippen LogP contribution in [0.5, 0.6) is 0 Å². The van der Waals surface area contributed by atoms with Gasteiger partial charge < -0.3 is 9.64 Å². The van der Waals surface area contributed by atoms with E-state index in [0.29, 0.717) is 12.0 Å². The SMILES string of the molecule is CCC(CC)C(=O)N1CCC(OC)CC1. The van der Waals surface area contributed by atoms with E-state index in [1.165, 1.54) is 0 Å². The summed E-state index contributed by atoms with van der Waals surface area (Å²) in [6.45, 7) is 5.92. The lowest BCUT2D eigenvalue weighted by Gasteiger charge is -2.33. The molecule has 0 N–H and O–H groups in total. The van der Waals surface area contributed by atoms with Crippen molar-refractivity contribution in [2.24, 2.45) is 5.92 Å². The van der Waals surface area contributed by atoms with Crippen molar-refractivity contribution in [3.8, 4) is 0 Å². The summed E-state index contributed by atoms with van der Waals surface area (Å²) in [5.41, 5.74) is 0. The summed E-state index contributed by atoms with van der Waals surface area (Å²) in [7, 11) is 1.75. The van der Waals surface area contributed by atoms with E-state index in [4.69, 9.17) is 4.74 Å². The van der Waals surface area contributed by atoms with E-state index in [2.05, 4.69) is 13.8 Å². The first-order valence-electron chi connectivity index (χ1n) is 6.04. The molecule has 1 fully saturated rings. The minimum Gasteiger partial charge on any atom is -0.381 e. The monoisotopic (exact) mass is 213 g/mol. The van der Waals surface area contributed by atoms with Gasteiger partial charge in [-0.2, -0.15) is 0 Å². The largest absolute Gasteiger partial charge is 0.381 e. The molecule has 1 aliphatic heterocycles. The van der Waals surface area contributed by atoms with Gasteiger partial charge in [-0.15, -0.1) is 0 Å². The number of hydrogen-bond donors (Lipinski definition) is 0. The number of ether oxygens (including phenoxy) is 1. The summed E-state index contributed by atoms with van der Waals surface area (Å²) < 4.78 is 5.29. The molecule has 3 nitrogen and oxygen atoms in total. The Morgan fingerprint density at radius 1 is 1.33 bits per heavy atom. The highest BCUT2D eigenvalue weighted by molar-refractivity contribution is 5.78. The lowest BCUT2D eigenvalue weighted by molar-refractivity contribution is -0.138. The van der Waals surface area contributed by atoms with Crippen molar-refractivity contribution in [3.63, 3.8) is 0 Å². The maximum absolute atomic E-state index is 12.0. The number of likely N-dealkylation sites (tertiary alicyclic amines) is 1. The van der Waals surface area contributed by atoms with Crippen molar-refractivity contribution in [2.75, 3.05) is 20.2 Å². The van der Waals surface area contributed by atoms with Crippen LogP contribution in [0.4, 0.5) is 0 Å². The zero-order valence-corrected chi connectivity index (χ0v) is 10.2. The van der Waals surface area contributed by atoms with Crippen LogP contribution in [0.2, 0.25) is 0 Å². The molecule has 3 heteroatoms. The average molecular weight is 213 g/mol. The molecule has 0 aromatic rings. The first-order valence-corrected chi connectivity index (χ1v) is 6.04. The molecule has 1 heterocycles. The quantitative estimate of drug-likeness (QED) is 0.715. The fourth-order valence-corrected chi connectivity index (χ4v) is 2.21. The first kappa shape index (κ1) is 12.5. The number of amides is 1. The highest BCUT2D eigenvalue weighted by atomic mass is 16.5. The Bertz CT molecular complexity index is 194. The fourth-order valence-electron chi connectivity index (χ4n) is 2.21. The normalized spacial score (nSPS) is 18.5. The van der Waals surface area contributed by atoms with Crippen LogP contribution in [0.3, 0.4) is 0 Å². The van der Waals surface area contributed by atoms with E-state index < -0.39 is 0 Å². The van der Waals surface area contributed by atoms with E-state index in [-0.39, 0.29) is 5.92 Å². The Kier molecular flexibility index (Phi) is 5.09. The van der Waals surface area contributed by atoms with Crippen LogP contribution in [0, 0.1) is 5.92 Å². The summed E-state index contributed by atoms with van der Waals surface area (Å²) in [6, 6.07) is 0. The third-order valence-electron chi connectivity index (χ3n) is 3.42. The van der Waals surface area contributed by atoms with E-state index >= 15 is 0 Å². The van der Waals surface area contributed by atoms with E-state index in [9.17, 15) is 4.79 Å². The Morgan fingerprint density at radius 3 is 2.27 bits per heavy atom. The molecule has 1 rings (SSSR count). The van der Waals surface area contributed by atoms with Gasteiger partial charge in [-0.05, 0) is 25.7 Å². The van der Waals surface area contributed by atoms with Crippen molar-refractivity contribution < 1.29 is 9.53 Å². The van der Waals surface area contributed by atoms with E-state index in [1.54, 1.807) is 7.11 Å². The van der Waals surface area contributed by atoms with Crippen molar-refractivity contribution >= 4 is 5.91 Å². The molecule has 1 aliphatic rings. The summed E-state index contributed by atoms with van der Waals surface area (Å²) >= 11 is 0. The van der Waals surface area contributed by atoms with Crippen LogP contribution in [-0.4, -0.2) is 37.1 Å². The van der Waals surface area contributed by atoms with Crippen LogP contribution >= 0.6 is 0 Å². The Balaban J connectivity index is 2.42. The second-order valence-electron chi connectivity index (χ2n) is 4.27. The number of piperidine rings is 1. The number of methoxy groups -OCH3 is 1. The molecule has 0 bridgehead atoms. The number of carbonyl (C=O) groups excluding carboxylic acids is 1. The van der Waals surface area contributed by atoms with Gasteiger partial charge in [-0.3, -0.25) is 4.79 Å². The van der Waals surface area contributed by atoms with E-state index in [0.717, 1.165) is 38.8 Å². The third kappa shape index (κ3) is 3.20. The second kappa shape index (κ2) is 6.11. The zero-order valence-electron chi connectivity index (χ0n) is 10.2. The fraction of sp³-hybridized carbons (Fsp3) is 0.917. The Labute approximate surface area is 92.8 Å². The zero-order chi connectivity index (χ0) is 11.3. The minimum atomic E-state index is 0.226. The smallest absolute Gasteiger partial charge is 0.225 e. The molecule has 0 aromatic carbocycles. The van der Waals surface area contributed by atoms with Crippen molar-refractivity contribution in [2.45, 2.75) is 45.6 Å². The lowest BCUT2D eigenvalue weighted by atomic mass is 9.99. The molecule has 0 radical (unpaired) electrons. The highest BCUT2D eigenvalue weighted by Gasteiger charge is 2.26. The molecular weight excluding hydrogens is 190 g/mol. The molecule has 88 valence electrons. The number of nitrogens with zero attached hydrogens (tertiary/aromatic N) is 1. The molecule has 0 saturated carbocycles. The highest BCUT2D eigenvalue weighted by Crippen LogP contribution is 2.18. The first-order chi connectivity index (χ1) is 7.22. The maximum atomic E-state index is 12.0. The van der Waals surface area contributed by atoms with Gasteiger partial charge in [0.05, 0.1) is 6.10 Å². The molecule has 15 heavy (non-hydrogen) atoms. The summed E-state index contributed by atoms with van der Waals surface area (Å²) in [5.74, 6) is 0.568. The van der Waals surface area contributed by atoms with Gasteiger partial charge in [0, 0.05) is 26.1 Å². The van der Waals surface area contributed by atoms with Gasteiger partial charge in [-0.25, -0.2) is 0 Å². The third-order valence-corrected chi connectivity index (χ3v) is 3.42. The van der Waals surface area contributed by atoms with Gasteiger partial charge >= 0.3 is 0 Å². The topological polar surface area (TPSA) is 29.5 Å². The predicted octanol–water partition coefficient (Wildman–Crippen LogP) is 2.06. The van der Waals surface area contributed by atoms with Crippen molar-refractivity contribution in [1.82, 2.24) is 4.90 Å². The molecule has 0 aliphatic carbocycles. The molecule has 0 spiro atoms. The predicted molar refractivity (Wildman–Crippen MR) is 60.7 cm³/mol. The van der Waals surface area contributed by atoms with Crippen molar-refractivity contribution in [3.05, 3.63) is 0 Å². The van der Waals surface area contributed by atoms with Gasteiger partial charge in [0.25, 0.3) is 0 Å². The van der Waals surface area contributed by atoms with Crippen LogP contribution < -0.4 is 0 Å². The van der Waals surface area contributed by atoms with Crippen LogP contribution in [-0.2, 0) is 9.53 Å². The number of hydrogen-bond acceptors (Lipinski definition) is 2. The molecular formula is C12H23NO2. The Hall–Kier alpha value is -0.570. The second-order valence-corrected chi connectivity index (χ2v) is 4.27. The molecule has 0 aromatic heterocycles. The lowest BCUT2D eigenvalue weighted by Crippen LogP contribution is -2.43. The standard InChI is InChI=1S/C12H23NO2/c1-4-10(5-2)12(14)13-8-6-11(15-3)7-9-13/h10-11H,4-9H2,1-3H3. The summed E-state index contributed by atoms with van der Waals surface area (Å²) in [5, 5.41) is 0. The minimum absolute atomic E-state index is 0.226. The van der Waals surface area contributed by atoms with Crippen molar-refractivity contribution in [1.29, 1.82) is 0 Å². The van der Waals surface area contributed by atoms with E-state index in [1.807, 2.05) is 4.90 Å². The molecule has 1 amide bonds. The summed E-state index contributed by atoms with van der Waals surface area (Å²) in [4.78, 5) is 14.0. The summed E-state index contributed by atoms with van der Waals surface area (Å²) in [6.07, 6.45) is 4.25. The molecule has 1 saturated heterocycles. The van der Waals surface area contributed by atoms with Gasteiger partial charge in [0.2, 0.25) is 5.91 Å². The van der Waals surface area contributed by atoms with Crippen LogP contribution in [0.1, 0.15) is 39.5 Å². The van der Waals surface area contributed by atoms with Gasteiger partial charge in [-0.1, -0.05) is 13.8 Å². The number of carbonyl (C=O) groups is 1. The van der Waals surface area contributed by atoms with Crippen LogP contribution in [0.25, 0.3) is 0 Å². The van der Waals surface area contributed by atoms with Crippen LogP contribution in [0.15, 0.2) is 0 Å². The Morgan fingerprint density at radius 2 is 1.87 bits per heavy atom. The molecule has 0 atom stereocenters. The van der Waals surface area contributed by atoms with Gasteiger partial charge in [0.1, 0.15) is 0 Å².